The number of nitrogens with one attached hydrogen (secondary N) is 1. The minimum absolute atomic E-state index is 0.241. The largest absolute Gasteiger partial charge is 0.497 e. The van der Waals surface area contributed by atoms with Crippen molar-refractivity contribution >= 4 is 28.2 Å². The molecule has 40 heavy (non-hydrogen) atoms. The molecule has 216 valence electrons. The predicted molar refractivity (Wildman–Crippen MR) is 147 cm³/mol. The van der Waals surface area contributed by atoms with Crippen molar-refractivity contribution in [1.29, 1.82) is 0 Å². The van der Waals surface area contributed by atoms with Gasteiger partial charge < -0.3 is 30.1 Å². The van der Waals surface area contributed by atoms with Crippen molar-refractivity contribution in [3.63, 3.8) is 0 Å². The molecule has 8 nitrogen and oxygen atoms in total. The Morgan fingerprint density at radius 1 is 1.20 bits per heavy atom. The first-order valence-electron chi connectivity index (χ1n) is 13.2. The molecule has 0 spiro atoms. The number of aliphatic hydroxyl groups excluding tert-OH is 1. The number of aliphatic carboxylic acids is 1. The third-order valence-electron chi connectivity index (χ3n) is 7.81. The van der Waals surface area contributed by atoms with Gasteiger partial charge in [0.15, 0.2) is 11.6 Å². The summed E-state index contributed by atoms with van der Waals surface area (Å²) in [5, 5.41) is 25.0. The van der Waals surface area contributed by atoms with Gasteiger partial charge in [0, 0.05) is 50.3 Å². The van der Waals surface area contributed by atoms with Gasteiger partial charge in [-0.05, 0) is 57.0 Å². The molecule has 1 aliphatic rings. The SMILES string of the molecule is COc1ccc2ncc(N(C)C)c([C@@H](O)CCC3(C(=O)O)CCN(CCNc4cc(F)cc(F)c4F)CC3)c2c1. The molecule has 1 aromatic heterocycles. The molecule has 2 aromatic carbocycles. The van der Waals surface area contributed by atoms with Crippen molar-refractivity contribution in [1.82, 2.24) is 9.88 Å². The number of nitrogens with zero attached hydrogens (tertiary/aromatic N) is 3. The van der Waals surface area contributed by atoms with E-state index in [2.05, 4.69) is 10.3 Å². The van der Waals surface area contributed by atoms with Crippen LogP contribution in [0.15, 0.2) is 36.5 Å². The van der Waals surface area contributed by atoms with Crippen LogP contribution in [0.3, 0.4) is 0 Å². The van der Waals surface area contributed by atoms with E-state index in [4.69, 9.17) is 4.74 Å². The lowest BCUT2D eigenvalue weighted by atomic mass is 9.74. The summed E-state index contributed by atoms with van der Waals surface area (Å²) < 4.78 is 46.1. The number of carboxylic acids is 1. The van der Waals surface area contributed by atoms with Gasteiger partial charge in [0.2, 0.25) is 0 Å². The van der Waals surface area contributed by atoms with Gasteiger partial charge in [-0.15, -0.1) is 0 Å². The number of piperidine rings is 1. The van der Waals surface area contributed by atoms with Crippen LogP contribution in [0.5, 0.6) is 5.75 Å². The third-order valence-corrected chi connectivity index (χ3v) is 7.81. The lowest BCUT2D eigenvalue weighted by molar-refractivity contribution is -0.153. The topological polar surface area (TPSA) is 98.2 Å². The summed E-state index contributed by atoms with van der Waals surface area (Å²) >= 11 is 0. The fraction of sp³-hybridized carbons (Fsp3) is 0.448. The van der Waals surface area contributed by atoms with E-state index in [9.17, 15) is 28.2 Å². The molecule has 3 N–H and O–H groups in total. The van der Waals surface area contributed by atoms with Crippen molar-refractivity contribution in [3.05, 3.63) is 59.5 Å². The van der Waals surface area contributed by atoms with E-state index in [-0.39, 0.29) is 25.1 Å². The Bertz CT molecular complexity index is 1360. The zero-order valence-electron chi connectivity index (χ0n) is 22.9. The summed E-state index contributed by atoms with van der Waals surface area (Å²) in [6, 6.07) is 6.85. The molecule has 0 amide bonds. The quantitative estimate of drug-likeness (QED) is 0.287. The van der Waals surface area contributed by atoms with Crippen molar-refractivity contribution < 1.29 is 32.9 Å². The summed E-state index contributed by atoms with van der Waals surface area (Å²) in [6.07, 6.45) is 2.07. The van der Waals surface area contributed by atoms with E-state index in [1.807, 2.05) is 36.0 Å². The molecule has 1 aliphatic heterocycles. The van der Waals surface area contributed by atoms with Crippen molar-refractivity contribution in [2.75, 3.05) is 57.6 Å². The summed E-state index contributed by atoms with van der Waals surface area (Å²) in [7, 11) is 5.29. The first kappa shape index (κ1) is 29.4. The monoisotopic (exact) mass is 560 g/mol. The normalized spacial score (nSPS) is 16.1. The maximum Gasteiger partial charge on any atom is 0.309 e. The highest BCUT2D eigenvalue weighted by Gasteiger charge is 2.41. The van der Waals surface area contributed by atoms with Crippen LogP contribution in [0.2, 0.25) is 0 Å². The molecule has 1 saturated heterocycles. The Labute approximate surface area is 231 Å². The number of ether oxygens (including phenoxy) is 1. The van der Waals surface area contributed by atoms with Gasteiger partial charge in [0.1, 0.15) is 11.6 Å². The smallest absolute Gasteiger partial charge is 0.309 e. The fourth-order valence-electron chi connectivity index (χ4n) is 5.38. The number of pyridine rings is 1. The number of hydrogen-bond acceptors (Lipinski definition) is 7. The molecule has 3 aromatic rings. The molecule has 1 atom stereocenters. The van der Waals surface area contributed by atoms with Gasteiger partial charge >= 0.3 is 5.97 Å². The van der Waals surface area contributed by atoms with Crippen molar-refractivity contribution in [2.45, 2.75) is 31.8 Å². The van der Waals surface area contributed by atoms with Gasteiger partial charge in [-0.25, -0.2) is 13.2 Å². The Kier molecular flexibility index (Phi) is 9.05. The molecule has 11 heteroatoms. The molecule has 0 aliphatic carbocycles. The number of likely N-dealkylation sites (tertiary alicyclic amines) is 1. The van der Waals surface area contributed by atoms with Gasteiger partial charge in [-0.2, -0.15) is 0 Å². The molecular weight excluding hydrogens is 525 g/mol. The third kappa shape index (κ3) is 6.26. The van der Waals surface area contributed by atoms with Crippen LogP contribution in [-0.2, 0) is 4.79 Å². The molecule has 2 heterocycles. The highest BCUT2D eigenvalue weighted by molar-refractivity contribution is 5.88. The van der Waals surface area contributed by atoms with Gasteiger partial charge in [-0.1, -0.05) is 0 Å². The second-order valence-electron chi connectivity index (χ2n) is 10.5. The number of carbonyl (C=O) groups is 1. The summed E-state index contributed by atoms with van der Waals surface area (Å²) in [6.45, 7) is 1.67. The Balaban J connectivity index is 1.41. The molecular formula is C29H35F3N4O4. The maximum atomic E-state index is 13.9. The number of halogens is 3. The number of carboxylic acid groups (broad SMARTS) is 1. The summed E-state index contributed by atoms with van der Waals surface area (Å²) in [5.41, 5.74) is 0.882. The van der Waals surface area contributed by atoms with Gasteiger partial charge in [0.05, 0.1) is 41.7 Å². The van der Waals surface area contributed by atoms with Gasteiger partial charge in [-0.3, -0.25) is 9.78 Å². The first-order valence-corrected chi connectivity index (χ1v) is 13.2. The average Bonchev–Trinajstić information content (AvgIpc) is 2.93. The summed E-state index contributed by atoms with van der Waals surface area (Å²) in [5.74, 6) is -3.53. The minimum atomic E-state index is -1.26. The Hall–Kier alpha value is -3.57. The second-order valence-corrected chi connectivity index (χ2v) is 10.5. The van der Waals surface area contributed by atoms with Crippen LogP contribution >= 0.6 is 0 Å². The molecule has 0 radical (unpaired) electrons. The number of anilines is 2. The average molecular weight is 561 g/mol. The summed E-state index contributed by atoms with van der Waals surface area (Å²) in [4.78, 5) is 20.9. The van der Waals surface area contributed by atoms with Crippen molar-refractivity contribution in [2.24, 2.45) is 5.41 Å². The standard InChI is InChI=1S/C29H35F3N4O4/c1-35(2)24-17-34-22-5-4-19(40-3)16-20(22)26(24)25(37)6-7-29(28(38)39)8-11-36(12-9-29)13-10-33-23-15-18(30)14-21(31)27(23)32/h4-5,14-17,25,33,37H,6-13H2,1-3H3,(H,38,39)/t25-/m0/s1. The highest BCUT2D eigenvalue weighted by Crippen LogP contribution is 2.41. The fourth-order valence-corrected chi connectivity index (χ4v) is 5.38. The van der Waals surface area contributed by atoms with Crippen LogP contribution in [0.25, 0.3) is 10.9 Å². The molecule has 4 rings (SSSR count). The number of benzene rings is 2. The molecule has 1 fully saturated rings. The minimum Gasteiger partial charge on any atom is -0.497 e. The van der Waals surface area contributed by atoms with Gasteiger partial charge in [0.25, 0.3) is 0 Å². The zero-order valence-corrected chi connectivity index (χ0v) is 22.9. The number of hydrogen-bond donors (Lipinski definition) is 3. The Morgan fingerprint density at radius 2 is 1.93 bits per heavy atom. The number of rotatable bonds is 11. The zero-order chi connectivity index (χ0) is 29.0. The number of methoxy groups -OCH3 is 1. The van der Waals surface area contributed by atoms with Crippen molar-refractivity contribution in [3.8, 4) is 5.75 Å². The number of aliphatic hydroxyl groups is 1. The maximum absolute atomic E-state index is 13.9. The lowest BCUT2D eigenvalue weighted by Gasteiger charge is -2.39. The first-order chi connectivity index (χ1) is 19.0. The van der Waals surface area contributed by atoms with E-state index in [1.165, 1.54) is 0 Å². The van der Waals surface area contributed by atoms with E-state index in [1.54, 1.807) is 19.4 Å². The van der Waals surface area contributed by atoms with E-state index in [0.29, 0.717) is 55.4 Å². The molecule has 0 bridgehead atoms. The lowest BCUT2D eigenvalue weighted by Crippen LogP contribution is -2.45. The number of fused-ring (bicyclic) bond motifs is 1. The van der Waals surface area contributed by atoms with Crippen LogP contribution in [0, 0.1) is 22.9 Å². The second kappa shape index (κ2) is 12.3. The number of aromatic nitrogens is 1. The van der Waals surface area contributed by atoms with Crippen LogP contribution < -0.4 is 15.0 Å². The van der Waals surface area contributed by atoms with E-state index in [0.717, 1.165) is 17.1 Å². The van der Waals surface area contributed by atoms with Crippen LogP contribution in [0.4, 0.5) is 24.5 Å². The molecule has 0 unspecified atom stereocenters. The molecule has 0 saturated carbocycles. The van der Waals surface area contributed by atoms with E-state index < -0.39 is 34.9 Å². The Morgan fingerprint density at radius 3 is 2.58 bits per heavy atom. The highest BCUT2D eigenvalue weighted by atomic mass is 19.2. The predicted octanol–water partition coefficient (Wildman–Crippen LogP) is 4.82. The van der Waals surface area contributed by atoms with Crippen LogP contribution in [0.1, 0.15) is 37.4 Å². The van der Waals surface area contributed by atoms with Crippen LogP contribution in [-0.4, -0.2) is 73.5 Å². The van der Waals surface area contributed by atoms with E-state index >= 15 is 0 Å².